The van der Waals surface area contributed by atoms with Crippen LogP contribution in [0.2, 0.25) is 0 Å². The molecule has 140 valence electrons. The third-order valence-corrected chi connectivity index (χ3v) is 5.36. The van der Waals surface area contributed by atoms with E-state index in [1.807, 2.05) is 0 Å². The van der Waals surface area contributed by atoms with Gasteiger partial charge >= 0.3 is 0 Å². The zero-order chi connectivity index (χ0) is 19.4. The lowest BCUT2D eigenvalue weighted by Gasteiger charge is -2.17. The smallest absolute Gasteiger partial charge is 0.185 e. The molecule has 2 aromatic rings. The number of hydrogen-bond acceptors (Lipinski definition) is 1. The van der Waals surface area contributed by atoms with Crippen molar-refractivity contribution in [2.75, 3.05) is 0 Å². The summed E-state index contributed by atoms with van der Waals surface area (Å²) in [6.45, 7) is 8.79. The van der Waals surface area contributed by atoms with Crippen molar-refractivity contribution in [2.24, 2.45) is 0 Å². The predicted molar refractivity (Wildman–Crippen MR) is 116 cm³/mol. The van der Waals surface area contributed by atoms with Crippen LogP contribution in [0.4, 0.5) is 0 Å². The summed E-state index contributed by atoms with van der Waals surface area (Å²) in [4.78, 5) is 12.9. The van der Waals surface area contributed by atoms with Crippen LogP contribution in [0.5, 0.6) is 0 Å². The molecule has 0 aliphatic heterocycles. The maximum absolute atomic E-state index is 12.9. The van der Waals surface area contributed by atoms with E-state index in [2.05, 4.69) is 88.4 Å². The van der Waals surface area contributed by atoms with Gasteiger partial charge in [0.1, 0.15) is 0 Å². The highest BCUT2D eigenvalue weighted by Gasteiger charge is 2.20. The summed E-state index contributed by atoms with van der Waals surface area (Å²) in [6.07, 6.45) is 6.92. The summed E-state index contributed by atoms with van der Waals surface area (Å²) < 4.78 is 0. The maximum Gasteiger partial charge on any atom is 0.185 e. The standard InChI is InChI=1S/C26H30O/c1-18(2)22-12-8-20(9-13-22)16-24-6-5-7-25(26(24)27)17-21-10-14-23(15-11-21)19(3)4/h8-19H,5-7H2,1-4H3/b24-16+,25-17+. The van der Waals surface area contributed by atoms with Crippen molar-refractivity contribution in [3.63, 3.8) is 0 Å². The van der Waals surface area contributed by atoms with Crippen LogP contribution >= 0.6 is 0 Å². The molecule has 0 heterocycles. The Bertz CT molecular complexity index is 775. The lowest BCUT2D eigenvalue weighted by atomic mass is 9.86. The Morgan fingerprint density at radius 1 is 0.667 bits per heavy atom. The number of carbonyl (C=O) groups is 1. The van der Waals surface area contributed by atoms with Crippen LogP contribution in [-0.2, 0) is 4.79 Å². The van der Waals surface area contributed by atoms with E-state index in [1.54, 1.807) is 0 Å². The van der Waals surface area contributed by atoms with Crippen molar-refractivity contribution in [2.45, 2.75) is 58.8 Å². The Hall–Kier alpha value is -2.41. The molecule has 0 aromatic heterocycles. The van der Waals surface area contributed by atoms with E-state index in [-0.39, 0.29) is 5.78 Å². The van der Waals surface area contributed by atoms with Gasteiger partial charge in [-0.1, -0.05) is 76.2 Å². The van der Waals surface area contributed by atoms with Crippen LogP contribution < -0.4 is 0 Å². The molecule has 0 atom stereocenters. The highest BCUT2D eigenvalue weighted by molar-refractivity contribution is 6.13. The lowest BCUT2D eigenvalue weighted by molar-refractivity contribution is -0.112. The maximum atomic E-state index is 12.9. The summed E-state index contributed by atoms with van der Waals surface area (Å²) in [5, 5.41) is 0. The van der Waals surface area contributed by atoms with Gasteiger partial charge in [-0.2, -0.15) is 0 Å². The summed E-state index contributed by atoms with van der Waals surface area (Å²) in [5.41, 5.74) is 6.76. The predicted octanol–water partition coefficient (Wildman–Crippen LogP) is 7.15. The molecule has 3 rings (SSSR count). The first-order valence-corrected chi connectivity index (χ1v) is 10.1. The fourth-order valence-corrected chi connectivity index (χ4v) is 3.53. The Labute approximate surface area is 163 Å². The minimum absolute atomic E-state index is 0.210. The Balaban J connectivity index is 1.80. The molecule has 0 saturated heterocycles. The zero-order valence-electron chi connectivity index (χ0n) is 17.0. The molecule has 1 saturated carbocycles. The molecule has 27 heavy (non-hydrogen) atoms. The van der Waals surface area contributed by atoms with Crippen LogP contribution in [0.15, 0.2) is 59.7 Å². The summed E-state index contributed by atoms with van der Waals surface area (Å²) in [6, 6.07) is 17.1. The highest BCUT2D eigenvalue weighted by Crippen LogP contribution is 2.28. The first-order valence-electron chi connectivity index (χ1n) is 10.1. The molecule has 0 N–H and O–H groups in total. The molecule has 1 fully saturated rings. The van der Waals surface area contributed by atoms with Crippen molar-refractivity contribution in [1.29, 1.82) is 0 Å². The second-order valence-corrected chi connectivity index (χ2v) is 8.16. The SMILES string of the molecule is CC(C)c1ccc(/C=C2\CCC/C(=C\c3ccc(C(C)C)cc3)C2=O)cc1. The summed E-state index contributed by atoms with van der Waals surface area (Å²) >= 11 is 0. The Kier molecular flexibility index (Phi) is 6.11. The number of carbonyl (C=O) groups excluding carboxylic acids is 1. The topological polar surface area (TPSA) is 17.1 Å². The third-order valence-electron chi connectivity index (χ3n) is 5.36. The van der Waals surface area contributed by atoms with Crippen LogP contribution in [0.25, 0.3) is 12.2 Å². The third kappa shape index (κ3) is 4.86. The van der Waals surface area contributed by atoms with Crippen molar-refractivity contribution >= 4 is 17.9 Å². The molecule has 1 aliphatic carbocycles. The fraction of sp³-hybridized carbons (Fsp3) is 0.346. The zero-order valence-corrected chi connectivity index (χ0v) is 17.0. The van der Waals surface area contributed by atoms with E-state index < -0.39 is 0 Å². The number of allylic oxidation sites excluding steroid dienone is 2. The number of rotatable bonds is 4. The first-order chi connectivity index (χ1) is 12.9. The Morgan fingerprint density at radius 3 is 1.37 bits per heavy atom. The summed E-state index contributed by atoms with van der Waals surface area (Å²) in [5.74, 6) is 1.27. The van der Waals surface area contributed by atoms with Crippen LogP contribution in [0.3, 0.4) is 0 Å². The molecule has 0 amide bonds. The van der Waals surface area contributed by atoms with Crippen LogP contribution in [0.1, 0.15) is 81.0 Å². The number of hydrogen-bond donors (Lipinski definition) is 0. The van der Waals surface area contributed by atoms with Crippen LogP contribution in [0, 0.1) is 0 Å². The van der Waals surface area contributed by atoms with Gasteiger partial charge in [-0.25, -0.2) is 0 Å². The first kappa shape index (κ1) is 19.4. The fourth-order valence-electron chi connectivity index (χ4n) is 3.53. The molecule has 1 heteroatoms. The molecule has 0 radical (unpaired) electrons. The van der Waals surface area contributed by atoms with E-state index in [4.69, 9.17) is 0 Å². The van der Waals surface area contributed by atoms with Gasteiger partial charge in [0.05, 0.1) is 0 Å². The lowest BCUT2D eigenvalue weighted by Crippen LogP contribution is -2.12. The molecule has 0 bridgehead atoms. The summed E-state index contributed by atoms with van der Waals surface area (Å²) in [7, 11) is 0. The number of benzene rings is 2. The highest BCUT2D eigenvalue weighted by atomic mass is 16.1. The molecule has 0 spiro atoms. The molecule has 0 unspecified atom stereocenters. The van der Waals surface area contributed by atoms with Gasteiger partial charge < -0.3 is 0 Å². The quantitative estimate of drug-likeness (QED) is 0.530. The molecule has 2 aromatic carbocycles. The average Bonchev–Trinajstić information content (AvgIpc) is 2.66. The van der Waals surface area contributed by atoms with Gasteiger partial charge in [-0.05, 0) is 65.5 Å². The van der Waals surface area contributed by atoms with Crippen molar-refractivity contribution in [3.8, 4) is 0 Å². The van der Waals surface area contributed by atoms with Crippen LogP contribution in [-0.4, -0.2) is 5.78 Å². The minimum atomic E-state index is 0.210. The van der Waals surface area contributed by atoms with Gasteiger partial charge in [0, 0.05) is 11.1 Å². The second-order valence-electron chi connectivity index (χ2n) is 8.16. The van der Waals surface area contributed by atoms with Gasteiger partial charge in [0.25, 0.3) is 0 Å². The van der Waals surface area contributed by atoms with E-state index in [9.17, 15) is 4.79 Å². The van der Waals surface area contributed by atoms with E-state index in [0.717, 1.165) is 41.5 Å². The number of ketones is 1. The minimum Gasteiger partial charge on any atom is -0.289 e. The van der Waals surface area contributed by atoms with Crippen molar-refractivity contribution in [3.05, 3.63) is 81.9 Å². The van der Waals surface area contributed by atoms with Gasteiger partial charge in [-0.3, -0.25) is 4.79 Å². The molecular formula is C26H30O. The second kappa shape index (κ2) is 8.52. The van der Waals surface area contributed by atoms with E-state index >= 15 is 0 Å². The molecule has 1 nitrogen and oxygen atoms in total. The van der Waals surface area contributed by atoms with Gasteiger partial charge in [0.15, 0.2) is 5.78 Å². The van der Waals surface area contributed by atoms with Crippen molar-refractivity contribution in [1.82, 2.24) is 0 Å². The van der Waals surface area contributed by atoms with E-state index in [1.165, 1.54) is 11.1 Å². The average molecular weight is 359 g/mol. The molecule has 1 aliphatic rings. The Morgan fingerprint density at radius 2 is 1.04 bits per heavy atom. The van der Waals surface area contributed by atoms with Crippen molar-refractivity contribution < 1.29 is 4.79 Å². The van der Waals surface area contributed by atoms with Gasteiger partial charge in [-0.15, -0.1) is 0 Å². The molecular weight excluding hydrogens is 328 g/mol. The largest absolute Gasteiger partial charge is 0.289 e. The monoisotopic (exact) mass is 358 g/mol. The number of Topliss-reactive ketones (excluding diaryl/α,β-unsaturated/α-hetero) is 1. The normalized spacial score (nSPS) is 18.1. The van der Waals surface area contributed by atoms with Gasteiger partial charge in [0.2, 0.25) is 0 Å². The van der Waals surface area contributed by atoms with E-state index in [0.29, 0.717) is 11.8 Å².